The summed E-state index contributed by atoms with van der Waals surface area (Å²) in [7, 11) is 0. The Morgan fingerprint density at radius 1 is 1.50 bits per heavy atom. The van der Waals surface area contributed by atoms with Crippen LogP contribution >= 0.6 is 23.2 Å². The molecule has 0 amide bonds. The highest BCUT2D eigenvalue weighted by Crippen LogP contribution is 2.42. The van der Waals surface area contributed by atoms with E-state index in [9.17, 15) is 14.7 Å². The molecule has 1 aromatic carbocycles. The SMILES string of the molecule is C=CCC1Cc2cc(OCC(=O)[O-])c(Cl)c(Cl)c2C1=O. The lowest BCUT2D eigenvalue weighted by Crippen LogP contribution is -2.29. The van der Waals surface area contributed by atoms with Gasteiger partial charge < -0.3 is 14.6 Å². The van der Waals surface area contributed by atoms with Gasteiger partial charge in [-0.25, -0.2) is 0 Å². The first-order valence-electron chi connectivity index (χ1n) is 5.94. The molecule has 2 rings (SSSR count). The van der Waals surface area contributed by atoms with Crippen LogP contribution in [0.25, 0.3) is 0 Å². The molecule has 0 aliphatic heterocycles. The Labute approximate surface area is 125 Å². The predicted octanol–water partition coefficient (Wildman–Crippen LogP) is 2.05. The molecule has 1 aliphatic rings. The molecule has 1 atom stereocenters. The number of allylic oxidation sites excluding steroid dienone is 1. The summed E-state index contributed by atoms with van der Waals surface area (Å²) in [5.74, 6) is -1.49. The number of halogens is 2. The maximum Gasteiger partial charge on any atom is 0.168 e. The molecule has 0 spiro atoms. The number of carboxylic acids is 1. The van der Waals surface area contributed by atoms with Gasteiger partial charge in [-0.2, -0.15) is 0 Å². The van der Waals surface area contributed by atoms with Crippen LogP contribution in [0, 0.1) is 5.92 Å². The highest BCUT2D eigenvalue weighted by molar-refractivity contribution is 6.45. The van der Waals surface area contributed by atoms with Crippen LogP contribution in [-0.4, -0.2) is 18.4 Å². The number of carboxylic acid groups (broad SMARTS) is 1. The Morgan fingerprint density at radius 2 is 2.20 bits per heavy atom. The predicted molar refractivity (Wildman–Crippen MR) is 73.3 cm³/mol. The monoisotopic (exact) mass is 313 g/mol. The van der Waals surface area contributed by atoms with Gasteiger partial charge in [0.15, 0.2) is 5.78 Å². The molecular weight excluding hydrogens is 303 g/mol. The van der Waals surface area contributed by atoms with Crippen LogP contribution in [0.3, 0.4) is 0 Å². The van der Waals surface area contributed by atoms with Gasteiger partial charge in [-0.3, -0.25) is 4.79 Å². The number of rotatable bonds is 5. The zero-order valence-electron chi connectivity index (χ0n) is 10.4. The minimum absolute atomic E-state index is 0.0410. The molecule has 0 aromatic heterocycles. The normalized spacial score (nSPS) is 16.9. The fourth-order valence-electron chi connectivity index (χ4n) is 2.28. The first kappa shape index (κ1) is 14.9. The molecule has 0 radical (unpaired) electrons. The molecule has 0 saturated heterocycles. The lowest BCUT2D eigenvalue weighted by atomic mass is 10.0. The Hall–Kier alpha value is -1.52. The Balaban J connectivity index is 2.37. The molecule has 20 heavy (non-hydrogen) atoms. The van der Waals surface area contributed by atoms with E-state index in [2.05, 4.69) is 6.58 Å². The number of hydrogen-bond donors (Lipinski definition) is 0. The van der Waals surface area contributed by atoms with Gasteiger partial charge in [0, 0.05) is 11.5 Å². The second kappa shape index (κ2) is 5.85. The zero-order chi connectivity index (χ0) is 14.9. The van der Waals surface area contributed by atoms with Crippen LogP contribution in [0.2, 0.25) is 10.0 Å². The van der Waals surface area contributed by atoms with Crippen molar-refractivity contribution in [2.24, 2.45) is 5.92 Å². The van der Waals surface area contributed by atoms with Gasteiger partial charge in [0.1, 0.15) is 17.4 Å². The molecule has 1 aliphatic carbocycles. The van der Waals surface area contributed by atoms with Crippen LogP contribution in [0.5, 0.6) is 5.75 Å². The third-order valence-corrected chi connectivity index (χ3v) is 3.99. The quantitative estimate of drug-likeness (QED) is 0.780. The zero-order valence-corrected chi connectivity index (χ0v) is 12.0. The van der Waals surface area contributed by atoms with Crippen molar-refractivity contribution >= 4 is 35.0 Å². The first-order chi connectivity index (χ1) is 9.45. The maximum absolute atomic E-state index is 12.2. The van der Waals surface area contributed by atoms with E-state index in [1.807, 2.05) is 0 Å². The Kier molecular flexibility index (Phi) is 4.35. The van der Waals surface area contributed by atoms with Crippen molar-refractivity contribution in [3.05, 3.63) is 39.9 Å². The minimum Gasteiger partial charge on any atom is -0.546 e. The second-order valence-corrected chi connectivity index (χ2v) is 5.24. The van der Waals surface area contributed by atoms with Gasteiger partial charge in [-0.05, 0) is 24.5 Å². The maximum atomic E-state index is 12.2. The van der Waals surface area contributed by atoms with Gasteiger partial charge in [-0.15, -0.1) is 6.58 Å². The van der Waals surface area contributed by atoms with Crippen LogP contribution < -0.4 is 9.84 Å². The fourth-order valence-corrected chi connectivity index (χ4v) is 2.79. The van der Waals surface area contributed by atoms with E-state index in [-0.39, 0.29) is 27.5 Å². The summed E-state index contributed by atoms with van der Waals surface area (Å²) in [4.78, 5) is 22.6. The highest BCUT2D eigenvalue weighted by atomic mass is 35.5. The fraction of sp³-hybridized carbons (Fsp3) is 0.286. The van der Waals surface area contributed by atoms with Gasteiger partial charge in [0.05, 0.1) is 11.0 Å². The summed E-state index contributed by atoms with van der Waals surface area (Å²) in [5.41, 5.74) is 1.11. The first-order valence-corrected chi connectivity index (χ1v) is 6.70. The third kappa shape index (κ3) is 2.67. The van der Waals surface area contributed by atoms with Gasteiger partial charge >= 0.3 is 0 Å². The van der Waals surface area contributed by atoms with Crippen molar-refractivity contribution in [2.45, 2.75) is 12.8 Å². The summed E-state index contributed by atoms with van der Waals surface area (Å²) in [5, 5.41) is 10.6. The van der Waals surface area contributed by atoms with Crippen LogP contribution in [0.1, 0.15) is 22.3 Å². The van der Waals surface area contributed by atoms with Crippen molar-refractivity contribution in [1.82, 2.24) is 0 Å². The summed E-state index contributed by atoms with van der Waals surface area (Å²) >= 11 is 12.1. The van der Waals surface area contributed by atoms with Crippen LogP contribution in [0.4, 0.5) is 0 Å². The topological polar surface area (TPSA) is 66.4 Å². The highest BCUT2D eigenvalue weighted by Gasteiger charge is 2.33. The number of ether oxygens (including phenoxy) is 1. The Morgan fingerprint density at radius 3 is 2.80 bits per heavy atom. The number of carbonyl (C=O) groups is 2. The van der Waals surface area contributed by atoms with Crippen molar-refractivity contribution in [1.29, 1.82) is 0 Å². The number of benzene rings is 1. The molecule has 1 unspecified atom stereocenters. The third-order valence-electron chi connectivity index (χ3n) is 3.14. The van der Waals surface area contributed by atoms with E-state index in [0.717, 1.165) is 0 Å². The lowest BCUT2D eigenvalue weighted by molar-refractivity contribution is -0.307. The van der Waals surface area contributed by atoms with Crippen LogP contribution in [0.15, 0.2) is 18.7 Å². The van der Waals surface area contributed by atoms with Crippen molar-refractivity contribution in [2.75, 3.05) is 6.61 Å². The smallest absolute Gasteiger partial charge is 0.168 e. The van der Waals surface area contributed by atoms with E-state index in [1.165, 1.54) is 0 Å². The second-order valence-electron chi connectivity index (χ2n) is 4.49. The van der Waals surface area contributed by atoms with E-state index in [0.29, 0.717) is 24.0 Å². The van der Waals surface area contributed by atoms with Gasteiger partial charge in [0.2, 0.25) is 0 Å². The number of fused-ring (bicyclic) bond motifs is 1. The van der Waals surface area contributed by atoms with E-state index < -0.39 is 12.6 Å². The van der Waals surface area contributed by atoms with E-state index in [1.54, 1.807) is 12.1 Å². The number of ketones is 1. The molecule has 0 saturated carbocycles. The molecule has 0 bridgehead atoms. The van der Waals surface area contributed by atoms with E-state index in [4.69, 9.17) is 27.9 Å². The number of Topliss-reactive ketones (excluding diaryl/α,β-unsaturated/α-hetero) is 1. The number of carbonyl (C=O) groups excluding carboxylic acids is 2. The standard InChI is InChI=1S/C14H12Cl2O4/c1-2-3-7-4-8-5-9(20-6-10(17)18)12(15)13(16)11(8)14(7)19/h2,5,7H,1,3-4,6H2,(H,17,18)/p-1. The van der Waals surface area contributed by atoms with Gasteiger partial charge in [-0.1, -0.05) is 29.3 Å². The molecule has 4 nitrogen and oxygen atoms in total. The molecule has 6 heteroatoms. The largest absolute Gasteiger partial charge is 0.546 e. The molecule has 0 heterocycles. The summed E-state index contributed by atoms with van der Waals surface area (Å²) in [6.45, 7) is 2.99. The molecule has 0 fully saturated rings. The summed E-state index contributed by atoms with van der Waals surface area (Å²) in [6.07, 6.45) is 2.74. The number of aliphatic carboxylic acids is 1. The average Bonchev–Trinajstić information content (AvgIpc) is 2.69. The summed E-state index contributed by atoms with van der Waals surface area (Å²) < 4.78 is 5.02. The van der Waals surface area contributed by atoms with E-state index >= 15 is 0 Å². The average molecular weight is 314 g/mol. The summed E-state index contributed by atoms with van der Waals surface area (Å²) in [6, 6.07) is 1.56. The molecule has 0 N–H and O–H groups in total. The van der Waals surface area contributed by atoms with Gasteiger partial charge in [0.25, 0.3) is 0 Å². The van der Waals surface area contributed by atoms with Crippen molar-refractivity contribution in [3.8, 4) is 5.75 Å². The van der Waals surface area contributed by atoms with Crippen molar-refractivity contribution < 1.29 is 19.4 Å². The molecular formula is C14H11Cl2O4-. The molecule has 1 aromatic rings. The Bertz CT molecular complexity index is 595. The van der Waals surface area contributed by atoms with Crippen molar-refractivity contribution in [3.63, 3.8) is 0 Å². The number of hydrogen-bond acceptors (Lipinski definition) is 4. The molecule has 106 valence electrons. The lowest BCUT2D eigenvalue weighted by Gasteiger charge is -2.12. The van der Waals surface area contributed by atoms with Crippen LogP contribution in [-0.2, 0) is 11.2 Å². The minimum atomic E-state index is -1.36.